The molecule has 164 valence electrons. The van der Waals surface area contributed by atoms with Gasteiger partial charge >= 0.3 is 0 Å². The monoisotopic (exact) mass is 428 g/mol. The highest BCUT2D eigenvalue weighted by atomic mass is 16.5. The summed E-state index contributed by atoms with van der Waals surface area (Å²) in [6, 6.07) is 22.8. The van der Waals surface area contributed by atoms with Gasteiger partial charge in [0.1, 0.15) is 5.75 Å². The van der Waals surface area contributed by atoms with Gasteiger partial charge in [0, 0.05) is 23.5 Å². The summed E-state index contributed by atoms with van der Waals surface area (Å²) in [4.78, 5) is 27.3. The minimum absolute atomic E-state index is 0.0248. The molecule has 0 bridgehead atoms. The average Bonchev–Trinajstić information content (AvgIpc) is 2.82. The maximum atomic E-state index is 13.0. The molecular weight excluding hydrogens is 400 g/mol. The van der Waals surface area contributed by atoms with Crippen molar-refractivity contribution in [3.63, 3.8) is 0 Å². The molecule has 2 amide bonds. The lowest BCUT2D eigenvalue weighted by molar-refractivity contribution is -0.118. The van der Waals surface area contributed by atoms with E-state index in [4.69, 9.17) is 4.74 Å². The Hall–Kier alpha value is -3.60. The van der Waals surface area contributed by atoms with Gasteiger partial charge in [0.05, 0.1) is 0 Å². The van der Waals surface area contributed by atoms with Gasteiger partial charge in [-0.2, -0.15) is 0 Å². The number of ether oxygens (including phenoxy) is 1. The number of benzene rings is 3. The predicted octanol–water partition coefficient (Wildman–Crippen LogP) is 5.42. The molecule has 0 fully saturated rings. The second-order valence-electron chi connectivity index (χ2n) is 8.33. The molecule has 5 nitrogen and oxygen atoms in total. The van der Waals surface area contributed by atoms with Crippen LogP contribution in [0, 0.1) is 0 Å². The van der Waals surface area contributed by atoms with E-state index < -0.39 is 0 Å². The van der Waals surface area contributed by atoms with Gasteiger partial charge in [-0.05, 0) is 66.3 Å². The summed E-state index contributed by atoms with van der Waals surface area (Å²) in [6.45, 7) is 4.85. The average molecular weight is 429 g/mol. The number of amides is 2. The van der Waals surface area contributed by atoms with Gasteiger partial charge in [0.2, 0.25) is 0 Å². The van der Waals surface area contributed by atoms with E-state index in [0.717, 1.165) is 24.1 Å². The topological polar surface area (TPSA) is 58.6 Å². The van der Waals surface area contributed by atoms with Gasteiger partial charge in [-0.25, -0.2) is 0 Å². The first-order valence-electron chi connectivity index (χ1n) is 11.0. The van der Waals surface area contributed by atoms with Crippen molar-refractivity contribution in [1.29, 1.82) is 0 Å². The molecule has 0 aliphatic carbocycles. The van der Waals surface area contributed by atoms with E-state index in [2.05, 4.69) is 19.2 Å². The third-order valence-electron chi connectivity index (χ3n) is 5.67. The van der Waals surface area contributed by atoms with Crippen molar-refractivity contribution in [2.45, 2.75) is 32.6 Å². The van der Waals surface area contributed by atoms with Crippen LogP contribution < -0.4 is 15.0 Å². The molecule has 0 unspecified atom stereocenters. The lowest BCUT2D eigenvalue weighted by Gasteiger charge is -2.30. The Kier molecular flexibility index (Phi) is 6.55. The number of rotatable bonds is 6. The van der Waals surface area contributed by atoms with Crippen LogP contribution in [0.5, 0.6) is 5.75 Å². The van der Waals surface area contributed by atoms with Crippen molar-refractivity contribution in [3.05, 3.63) is 89.5 Å². The van der Waals surface area contributed by atoms with E-state index >= 15 is 0 Å². The van der Waals surface area contributed by atoms with Crippen LogP contribution in [-0.2, 0) is 11.2 Å². The van der Waals surface area contributed by atoms with E-state index in [1.807, 2.05) is 72.8 Å². The largest absolute Gasteiger partial charge is 0.484 e. The first-order valence-corrected chi connectivity index (χ1v) is 11.0. The Morgan fingerprint density at radius 3 is 2.47 bits per heavy atom. The van der Waals surface area contributed by atoms with Gasteiger partial charge in [-0.1, -0.05) is 50.2 Å². The van der Waals surface area contributed by atoms with E-state index in [0.29, 0.717) is 29.5 Å². The standard InChI is InChI=1S/C27H28N2O3/c1-19(2)20-11-14-24(15-12-20)32-18-26(30)28-23-13-10-21-9-6-16-29(25(21)17-23)27(31)22-7-4-3-5-8-22/h3-5,7-8,10-15,17,19H,6,9,16,18H2,1-2H3,(H,28,30). The van der Waals surface area contributed by atoms with E-state index in [1.54, 1.807) is 4.90 Å². The zero-order chi connectivity index (χ0) is 22.5. The number of anilines is 2. The van der Waals surface area contributed by atoms with Crippen LogP contribution in [-0.4, -0.2) is 25.0 Å². The van der Waals surface area contributed by atoms with Crippen molar-refractivity contribution >= 4 is 23.2 Å². The van der Waals surface area contributed by atoms with E-state index in [-0.39, 0.29) is 18.4 Å². The lowest BCUT2D eigenvalue weighted by atomic mass is 10.00. The summed E-state index contributed by atoms with van der Waals surface area (Å²) in [6.07, 6.45) is 1.83. The van der Waals surface area contributed by atoms with Crippen LogP contribution >= 0.6 is 0 Å². The molecule has 0 saturated carbocycles. The number of hydrogen-bond donors (Lipinski definition) is 1. The van der Waals surface area contributed by atoms with Crippen molar-refractivity contribution < 1.29 is 14.3 Å². The Morgan fingerprint density at radius 2 is 1.75 bits per heavy atom. The van der Waals surface area contributed by atoms with Crippen LogP contribution in [0.3, 0.4) is 0 Å². The molecule has 0 radical (unpaired) electrons. The summed E-state index contributed by atoms with van der Waals surface area (Å²) in [5.41, 5.74) is 4.51. The zero-order valence-corrected chi connectivity index (χ0v) is 18.5. The van der Waals surface area contributed by atoms with Crippen molar-refractivity contribution in [1.82, 2.24) is 0 Å². The summed E-state index contributed by atoms with van der Waals surface area (Å²) in [5.74, 6) is 0.845. The first kappa shape index (κ1) is 21.6. The van der Waals surface area contributed by atoms with Gasteiger partial charge < -0.3 is 15.0 Å². The van der Waals surface area contributed by atoms with E-state index in [9.17, 15) is 9.59 Å². The maximum Gasteiger partial charge on any atom is 0.262 e. The molecule has 1 heterocycles. The van der Waals surface area contributed by atoms with Gasteiger partial charge in [-0.15, -0.1) is 0 Å². The molecule has 0 atom stereocenters. The third kappa shape index (κ3) is 4.99. The normalized spacial score (nSPS) is 12.9. The molecular formula is C27H28N2O3. The van der Waals surface area contributed by atoms with E-state index in [1.165, 1.54) is 5.56 Å². The molecule has 32 heavy (non-hydrogen) atoms. The molecule has 1 N–H and O–H groups in total. The molecule has 4 rings (SSSR count). The molecule has 1 aliphatic heterocycles. The first-order chi connectivity index (χ1) is 15.5. The van der Waals surface area contributed by atoms with Crippen molar-refractivity contribution in [3.8, 4) is 5.75 Å². The number of carbonyl (C=O) groups excluding carboxylic acids is 2. The number of carbonyl (C=O) groups is 2. The number of fused-ring (bicyclic) bond motifs is 1. The Morgan fingerprint density at radius 1 is 1.00 bits per heavy atom. The summed E-state index contributed by atoms with van der Waals surface area (Å²) >= 11 is 0. The molecule has 5 heteroatoms. The SMILES string of the molecule is CC(C)c1ccc(OCC(=O)Nc2ccc3c(c2)N(C(=O)c2ccccc2)CCC3)cc1. The molecule has 0 saturated heterocycles. The zero-order valence-electron chi connectivity index (χ0n) is 18.5. The number of hydrogen-bond acceptors (Lipinski definition) is 3. The number of aryl methyl sites for hydroxylation is 1. The lowest BCUT2D eigenvalue weighted by Crippen LogP contribution is -2.35. The quantitative estimate of drug-likeness (QED) is 0.570. The fourth-order valence-electron chi connectivity index (χ4n) is 3.89. The minimum atomic E-state index is -0.241. The van der Waals surface area contributed by atoms with Crippen LogP contribution in [0.1, 0.15) is 47.7 Å². The van der Waals surface area contributed by atoms with Gasteiger partial charge in [-0.3, -0.25) is 9.59 Å². The summed E-state index contributed by atoms with van der Waals surface area (Å²) in [5, 5.41) is 2.89. The molecule has 3 aromatic carbocycles. The Bertz CT molecular complexity index is 1090. The Balaban J connectivity index is 1.42. The van der Waals surface area contributed by atoms with Gasteiger partial charge in [0.15, 0.2) is 6.61 Å². The molecule has 0 aromatic heterocycles. The van der Waals surface area contributed by atoms with Crippen LogP contribution in [0.15, 0.2) is 72.8 Å². The van der Waals surface area contributed by atoms with Crippen molar-refractivity contribution in [2.24, 2.45) is 0 Å². The molecule has 0 spiro atoms. The highest BCUT2D eigenvalue weighted by Crippen LogP contribution is 2.31. The fourth-order valence-corrected chi connectivity index (χ4v) is 3.89. The second kappa shape index (κ2) is 9.69. The summed E-state index contributed by atoms with van der Waals surface area (Å²) < 4.78 is 5.63. The summed E-state index contributed by atoms with van der Waals surface area (Å²) in [7, 11) is 0. The molecule has 1 aliphatic rings. The Labute approximate surface area is 189 Å². The maximum absolute atomic E-state index is 13.0. The van der Waals surface area contributed by atoms with Crippen LogP contribution in [0.4, 0.5) is 11.4 Å². The van der Waals surface area contributed by atoms with Crippen molar-refractivity contribution in [2.75, 3.05) is 23.4 Å². The number of nitrogens with zero attached hydrogens (tertiary/aromatic N) is 1. The highest BCUT2D eigenvalue weighted by Gasteiger charge is 2.24. The minimum Gasteiger partial charge on any atom is -0.484 e. The highest BCUT2D eigenvalue weighted by molar-refractivity contribution is 6.07. The van der Waals surface area contributed by atoms with Crippen LogP contribution in [0.25, 0.3) is 0 Å². The van der Waals surface area contributed by atoms with Crippen LogP contribution in [0.2, 0.25) is 0 Å². The van der Waals surface area contributed by atoms with Gasteiger partial charge in [0.25, 0.3) is 11.8 Å². The fraction of sp³-hybridized carbons (Fsp3) is 0.259. The predicted molar refractivity (Wildman–Crippen MR) is 128 cm³/mol. The third-order valence-corrected chi connectivity index (χ3v) is 5.67. The smallest absolute Gasteiger partial charge is 0.262 e. The number of nitrogens with one attached hydrogen (secondary N) is 1. The second-order valence-corrected chi connectivity index (χ2v) is 8.33. The molecule has 3 aromatic rings.